The molecule has 3 rings (SSSR count). The minimum absolute atomic E-state index is 0.00784. The third-order valence-corrected chi connectivity index (χ3v) is 5.93. The van der Waals surface area contributed by atoms with Crippen molar-refractivity contribution < 1.29 is 18.7 Å². The van der Waals surface area contributed by atoms with Crippen molar-refractivity contribution in [1.29, 1.82) is 0 Å². The standard InChI is InChI=1S/C26H37N3O4/c1-21(2)26(31)29(14-13-27-15-17-32-18-16-27)20-25(30)28(19-24-10-9-22(3)33-24)12-11-23-7-5-4-6-8-23/h4-10,21H,11-20H2,1-3H3. The molecule has 0 atom stereocenters. The molecule has 2 amide bonds. The fourth-order valence-corrected chi connectivity index (χ4v) is 3.94. The highest BCUT2D eigenvalue weighted by atomic mass is 16.5. The molecule has 0 radical (unpaired) electrons. The topological polar surface area (TPSA) is 66.2 Å². The van der Waals surface area contributed by atoms with Crippen molar-refractivity contribution in [1.82, 2.24) is 14.7 Å². The number of furan rings is 1. The molecule has 0 spiro atoms. The van der Waals surface area contributed by atoms with Crippen LogP contribution in [-0.2, 0) is 27.3 Å². The summed E-state index contributed by atoms with van der Waals surface area (Å²) in [7, 11) is 0. The molecule has 0 aliphatic carbocycles. The monoisotopic (exact) mass is 455 g/mol. The smallest absolute Gasteiger partial charge is 0.242 e. The van der Waals surface area contributed by atoms with Gasteiger partial charge in [-0.15, -0.1) is 0 Å². The number of hydrogen-bond acceptors (Lipinski definition) is 5. The average Bonchev–Trinajstić information content (AvgIpc) is 3.24. The van der Waals surface area contributed by atoms with Gasteiger partial charge < -0.3 is 19.0 Å². The number of ether oxygens (including phenoxy) is 1. The normalized spacial score (nSPS) is 14.4. The van der Waals surface area contributed by atoms with Crippen molar-refractivity contribution >= 4 is 11.8 Å². The minimum Gasteiger partial charge on any atom is -0.464 e. The molecule has 1 aliphatic rings. The van der Waals surface area contributed by atoms with E-state index in [0.717, 1.165) is 37.6 Å². The van der Waals surface area contributed by atoms with Gasteiger partial charge in [0.25, 0.3) is 0 Å². The highest BCUT2D eigenvalue weighted by Crippen LogP contribution is 2.13. The molecule has 1 fully saturated rings. The van der Waals surface area contributed by atoms with Crippen molar-refractivity contribution in [2.24, 2.45) is 5.92 Å². The van der Waals surface area contributed by atoms with Crippen molar-refractivity contribution in [2.45, 2.75) is 33.7 Å². The maximum atomic E-state index is 13.4. The first-order valence-corrected chi connectivity index (χ1v) is 11.9. The molecule has 1 aliphatic heterocycles. The van der Waals surface area contributed by atoms with Crippen molar-refractivity contribution in [2.75, 3.05) is 52.5 Å². The molecule has 0 saturated carbocycles. The third-order valence-electron chi connectivity index (χ3n) is 5.93. The van der Waals surface area contributed by atoms with Crippen LogP contribution in [0.2, 0.25) is 0 Å². The van der Waals surface area contributed by atoms with Gasteiger partial charge in [-0.25, -0.2) is 0 Å². The lowest BCUT2D eigenvalue weighted by Crippen LogP contribution is -2.48. The van der Waals surface area contributed by atoms with Gasteiger partial charge in [-0.2, -0.15) is 0 Å². The Morgan fingerprint density at radius 3 is 2.36 bits per heavy atom. The van der Waals surface area contributed by atoms with Gasteiger partial charge in [0.1, 0.15) is 11.5 Å². The van der Waals surface area contributed by atoms with Gasteiger partial charge in [0.15, 0.2) is 0 Å². The zero-order valence-corrected chi connectivity index (χ0v) is 20.2. The Bertz CT molecular complexity index is 875. The number of aryl methyl sites for hydroxylation is 1. The molecule has 33 heavy (non-hydrogen) atoms. The molecular formula is C26H37N3O4. The van der Waals surface area contributed by atoms with Gasteiger partial charge in [-0.3, -0.25) is 14.5 Å². The molecule has 7 heteroatoms. The molecule has 7 nitrogen and oxygen atoms in total. The van der Waals surface area contributed by atoms with Crippen LogP contribution in [0.25, 0.3) is 0 Å². The molecule has 1 aromatic heterocycles. The van der Waals surface area contributed by atoms with Crippen LogP contribution in [0.3, 0.4) is 0 Å². The number of hydrogen-bond donors (Lipinski definition) is 0. The molecule has 0 unspecified atom stereocenters. The Kier molecular flexibility index (Phi) is 9.51. The third kappa shape index (κ3) is 8.02. The van der Waals surface area contributed by atoms with Crippen molar-refractivity contribution in [3.8, 4) is 0 Å². The highest BCUT2D eigenvalue weighted by Gasteiger charge is 2.24. The largest absolute Gasteiger partial charge is 0.464 e. The first kappa shape index (κ1) is 25.0. The molecule has 1 aromatic carbocycles. The second-order valence-corrected chi connectivity index (χ2v) is 8.93. The van der Waals surface area contributed by atoms with E-state index in [0.29, 0.717) is 32.8 Å². The predicted octanol–water partition coefficient (Wildman–Crippen LogP) is 2.98. The highest BCUT2D eigenvalue weighted by molar-refractivity contribution is 5.85. The van der Waals surface area contributed by atoms with Crippen molar-refractivity contribution in [3.63, 3.8) is 0 Å². The number of morpholine rings is 1. The Morgan fingerprint density at radius 2 is 1.73 bits per heavy atom. The van der Waals surface area contributed by atoms with E-state index in [-0.39, 0.29) is 24.3 Å². The Balaban J connectivity index is 1.67. The van der Waals surface area contributed by atoms with E-state index in [4.69, 9.17) is 9.15 Å². The summed E-state index contributed by atoms with van der Waals surface area (Å²) in [5.74, 6) is 1.36. The molecule has 180 valence electrons. The van der Waals surface area contributed by atoms with Gasteiger partial charge >= 0.3 is 0 Å². The second-order valence-electron chi connectivity index (χ2n) is 8.93. The summed E-state index contributed by atoms with van der Waals surface area (Å²) in [5, 5.41) is 0. The molecule has 2 heterocycles. The van der Waals surface area contributed by atoms with Gasteiger partial charge in [0, 0.05) is 38.6 Å². The van der Waals surface area contributed by atoms with E-state index in [1.165, 1.54) is 5.56 Å². The zero-order valence-electron chi connectivity index (χ0n) is 20.2. The fourth-order valence-electron chi connectivity index (χ4n) is 3.94. The summed E-state index contributed by atoms with van der Waals surface area (Å²) in [4.78, 5) is 32.1. The van der Waals surface area contributed by atoms with E-state index in [1.807, 2.05) is 51.1 Å². The SMILES string of the molecule is Cc1ccc(CN(CCc2ccccc2)C(=O)CN(CCN2CCOCC2)C(=O)C(C)C)o1. The van der Waals surface area contributed by atoms with Gasteiger partial charge in [-0.1, -0.05) is 44.2 Å². The van der Waals surface area contributed by atoms with E-state index in [1.54, 1.807) is 9.80 Å². The number of benzene rings is 1. The zero-order chi connectivity index (χ0) is 23.6. The first-order chi connectivity index (χ1) is 15.9. The Hall–Kier alpha value is -2.64. The molecule has 0 bridgehead atoms. The lowest BCUT2D eigenvalue weighted by Gasteiger charge is -2.32. The number of amides is 2. The van der Waals surface area contributed by atoms with E-state index in [2.05, 4.69) is 17.0 Å². The lowest BCUT2D eigenvalue weighted by molar-refractivity contribution is -0.143. The summed E-state index contributed by atoms with van der Waals surface area (Å²) in [6.45, 7) is 11.1. The van der Waals surface area contributed by atoms with Gasteiger partial charge in [-0.05, 0) is 31.0 Å². The van der Waals surface area contributed by atoms with Crippen LogP contribution in [-0.4, -0.2) is 79.0 Å². The van der Waals surface area contributed by atoms with Crippen LogP contribution in [0.1, 0.15) is 30.9 Å². The maximum Gasteiger partial charge on any atom is 0.242 e. The summed E-state index contributed by atoms with van der Waals surface area (Å²) in [6, 6.07) is 14.0. The van der Waals surface area contributed by atoms with E-state index < -0.39 is 0 Å². The van der Waals surface area contributed by atoms with Gasteiger partial charge in [0.2, 0.25) is 11.8 Å². The van der Waals surface area contributed by atoms with Crippen LogP contribution < -0.4 is 0 Å². The van der Waals surface area contributed by atoms with E-state index in [9.17, 15) is 9.59 Å². The van der Waals surface area contributed by atoms with Gasteiger partial charge in [0.05, 0.1) is 26.3 Å². The summed E-state index contributed by atoms with van der Waals surface area (Å²) in [6.07, 6.45) is 0.748. The Labute approximate surface area is 197 Å². The summed E-state index contributed by atoms with van der Waals surface area (Å²) >= 11 is 0. The quantitative estimate of drug-likeness (QED) is 0.521. The minimum atomic E-state index is -0.159. The average molecular weight is 456 g/mol. The summed E-state index contributed by atoms with van der Waals surface area (Å²) < 4.78 is 11.2. The van der Waals surface area contributed by atoms with Crippen LogP contribution in [0, 0.1) is 12.8 Å². The number of nitrogens with zero attached hydrogens (tertiary/aromatic N) is 3. The Morgan fingerprint density at radius 1 is 1.00 bits per heavy atom. The lowest BCUT2D eigenvalue weighted by atomic mass is 10.1. The predicted molar refractivity (Wildman–Crippen MR) is 128 cm³/mol. The number of rotatable bonds is 11. The maximum absolute atomic E-state index is 13.4. The fraction of sp³-hybridized carbons (Fsp3) is 0.538. The molecule has 0 N–H and O–H groups in total. The molecule has 2 aromatic rings. The van der Waals surface area contributed by atoms with E-state index >= 15 is 0 Å². The van der Waals surface area contributed by atoms with Crippen molar-refractivity contribution in [3.05, 3.63) is 59.5 Å². The number of carbonyl (C=O) groups is 2. The first-order valence-electron chi connectivity index (χ1n) is 11.9. The van der Waals surface area contributed by atoms with Crippen LogP contribution in [0.5, 0.6) is 0 Å². The molecule has 1 saturated heterocycles. The second kappa shape index (κ2) is 12.6. The number of carbonyl (C=O) groups excluding carboxylic acids is 2. The van der Waals surface area contributed by atoms with Crippen LogP contribution in [0.4, 0.5) is 0 Å². The summed E-state index contributed by atoms with van der Waals surface area (Å²) in [5.41, 5.74) is 1.17. The molecular weight excluding hydrogens is 418 g/mol. The van der Waals surface area contributed by atoms with Crippen LogP contribution in [0.15, 0.2) is 46.9 Å². The van der Waals surface area contributed by atoms with Crippen LogP contribution >= 0.6 is 0 Å².